The minimum atomic E-state index is -3.47. The van der Waals surface area contributed by atoms with Gasteiger partial charge in [0.25, 0.3) is 0 Å². The highest BCUT2D eigenvalue weighted by molar-refractivity contribution is 7.89. The molecule has 2 aromatic carbocycles. The Morgan fingerprint density at radius 1 is 1.10 bits per heavy atom. The van der Waals surface area contributed by atoms with E-state index in [4.69, 9.17) is 4.74 Å². The molecule has 0 bridgehead atoms. The van der Waals surface area contributed by atoms with Crippen molar-refractivity contribution in [2.24, 2.45) is 0 Å². The molecule has 0 aliphatic carbocycles. The van der Waals surface area contributed by atoms with Crippen LogP contribution in [0.25, 0.3) is 0 Å². The largest absolute Gasteiger partial charge is 0.497 e. The van der Waals surface area contributed by atoms with Crippen LogP contribution >= 0.6 is 0 Å². The first kappa shape index (κ1) is 14.1. The molecule has 1 atom stereocenters. The van der Waals surface area contributed by atoms with Gasteiger partial charge in [0.05, 0.1) is 17.5 Å². The minimum Gasteiger partial charge on any atom is -0.497 e. The molecule has 21 heavy (non-hydrogen) atoms. The van der Waals surface area contributed by atoms with E-state index >= 15 is 0 Å². The van der Waals surface area contributed by atoms with Crippen molar-refractivity contribution in [2.45, 2.75) is 23.8 Å². The molecule has 0 unspecified atom stereocenters. The fourth-order valence-electron chi connectivity index (χ4n) is 2.95. The summed E-state index contributed by atoms with van der Waals surface area (Å²) in [4.78, 5) is 0.364. The van der Waals surface area contributed by atoms with Crippen molar-refractivity contribution in [1.82, 2.24) is 4.72 Å². The Kier molecular flexibility index (Phi) is 3.26. The average molecular weight is 303 g/mol. The third kappa shape index (κ3) is 2.04. The molecule has 5 heteroatoms. The minimum absolute atomic E-state index is 0.364. The zero-order chi connectivity index (χ0) is 15.1. The fraction of sp³-hybridized carbons (Fsp3) is 0.250. The molecular weight excluding hydrogens is 286 g/mol. The smallest absolute Gasteiger partial charge is 0.242 e. The van der Waals surface area contributed by atoms with E-state index in [9.17, 15) is 8.42 Å². The van der Waals surface area contributed by atoms with Gasteiger partial charge in [0, 0.05) is 0 Å². The zero-order valence-electron chi connectivity index (χ0n) is 12.0. The Morgan fingerprint density at radius 3 is 2.38 bits per heavy atom. The van der Waals surface area contributed by atoms with Gasteiger partial charge in [0.1, 0.15) is 5.75 Å². The predicted octanol–water partition coefficient (Wildman–Crippen LogP) is 2.64. The number of rotatable bonds is 3. The number of hydrogen-bond donors (Lipinski definition) is 1. The summed E-state index contributed by atoms with van der Waals surface area (Å²) in [6.45, 7) is 1.98. The topological polar surface area (TPSA) is 55.4 Å². The van der Waals surface area contributed by atoms with E-state index in [-0.39, 0.29) is 0 Å². The number of nitrogens with one attached hydrogen (secondary N) is 1. The van der Waals surface area contributed by atoms with Gasteiger partial charge >= 0.3 is 0 Å². The van der Waals surface area contributed by atoms with E-state index in [1.54, 1.807) is 19.2 Å². The molecule has 0 spiro atoms. The van der Waals surface area contributed by atoms with Gasteiger partial charge < -0.3 is 4.74 Å². The quantitative estimate of drug-likeness (QED) is 0.948. The highest BCUT2D eigenvalue weighted by atomic mass is 32.2. The summed E-state index contributed by atoms with van der Waals surface area (Å²) in [5.41, 5.74) is 1.01. The molecule has 1 heterocycles. The van der Waals surface area contributed by atoms with E-state index < -0.39 is 15.6 Å². The van der Waals surface area contributed by atoms with Crippen LogP contribution in [-0.4, -0.2) is 15.5 Å². The number of methoxy groups -OCH3 is 1. The van der Waals surface area contributed by atoms with Crippen molar-refractivity contribution < 1.29 is 13.2 Å². The van der Waals surface area contributed by atoms with Crippen molar-refractivity contribution in [2.75, 3.05) is 7.11 Å². The predicted molar refractivity (Wildman–Crippen MR) is 80.8 cm³/mol. The number of ether oxygens (including phenoxy) is 1. The van der Waals surface area contributed by atoms with Gasteiger partial charge in [-0.25, -0.2) is 8.42 Å². The van der Waals surface area contributed by atoms with Gasteiger partial charge in [-0.2, -0.15) is 4.72 Å². The Balaban J connectivity index is 2.22. The van der Waals surface area contributed by atoms with Crippen LogP contribution in [0.5, 0.6) is 5.75 Å². The van der Waals surface area contributed by atoms with Crippen molar-refractivity contribution in [3.8, 4) is 5.75 Å². The van der Waals surface area contributed by atoms with Crippen LogP contribution < -0.4 is 9.46 Å². The first-order chi connectivity index (χ1) is 10.0. The maximum atomic E-state index is 12.4. The summed E-state index contributed by atoms with van der Waals surface area (Å²) in [5, 5.41) is 0. The highest BCUT2D eigenvalue weighted by Gasteiger charge is 2.46. The maximum absolute atomic E-state index is 12.4. The Morgan fingerprint density at radius 2 is 1.76 bits per heavy atom. The fourth-order valence-corrected chi connectivity index (χ4v) is 4.68. The van der Waals surface area contributed by atoms with Gasteiger partial charge in [-0.15, -0.1) is 0 Å². The lowest BCUT2D eigenvalue weighted by Gasteiger charge is -2.29. The molecule has 0 saturated heterocycles. The summed E-state index contributed by atoms with van der Waals surface area (Å²) in [7, 11) is -1.86. The molecule has 0 amide bonds. The Bertz CT molecular complexity index is 768. The number of sulfonamides is 1. The van der Waals surface area contributed by atoms with E-state index in [0.717, 1.165) is 16.9 Å². The summed E-state index contributed by atoms with van der Waals surface area (Å²) in [6, 6.07) is 14.7. The maximum Gasteiger partial charge on any atom is 0.242 e. The van der Waals surface area contributed by atoms with E-state index in [1.807, 2.05) is 43.3 Å². The van der Waals surface area contributed by atoms with Crippen LogP contribution in [0, 0.1) is 0 Å². The molecule has 1 aliphatic rings. The van der Waals surface area contributed by atoms with Gasteiger partial charge in [-0.1, -0.05) is 37.3 Å². The molecule has 4 nitrogen and oxygen atoms in total. The standard InChI is InChI=1S/C16H17NO3S/c1-3-16(12-8-10-13(20-2)11-9-12)14-6-4-5-7-15(14)21(18,19)17-16/h4-11,17H,3H2,1-2H3/t16-/m0/s1. The Labute approximate surface area is 124 Å². The molecule has 3 rings (SSSR count). The normalized spacial score (nSPS) is 22.8. The molecule has 0 radical (unpaired) electrons. The van der Waals surface area contributed by atoms with Gasteiger partial charge in [-0.05, 0) is 35.7 Å². The molecule has 2 aromatic rings. The van der Waals surface area contributed by atoms with Crippen LogP contribution in [0.2, 0.25) is 0 Å². The first-order valence-corrected chi connectivity index (χ1v) is 8.30. The van der Waals surface area contributed by atoms with Gasteiger partial charge in [0.2, 0.25) is 10.0 Å². The number of fused-ring (bicyclic) bond motifs is 1. The van der Waals surface area contributed by atoms with Crippen LogP contribution in [0.15, 0.2) is 53.4 Å². The second kappa shape index (κ2) is 4.86. The molecular formula is C16H17NO3S. The monoisotopic (exact) mass is 303 g/mol. The van der Waals surface area contributed by atoms with Crippen LogP contribution in [-0.2, 0) is 15.6 Å². The van der Waals surface area contributed by atoms with Crippen molar-refractivity contribution >= 4 is 10.0 Å². The summed E-state index contributed by atoms with van der Waals surface area (Å²) < 4.78 is 32.8. The van der Waals surface area contributed by atoms with Crippen molar-refractivity contribution in [3.05, 3.63) is 59.7 Å². The van der Waals surface area contributed by atoms with Crippen molar-refractivity contribution in [3.63, 3.8) is 0 Å². The third-order valence-electron chi connectivity index (χ3n) is 4.06. The first-order valence-electron chi connectivity index (χ1n) is 6.81. The third-order valence-corrected chi connectivity index (χ3v) is 5.61. The van der Waals surface area contributed by atoms with Crippen LogP contribution in [0.4, 0.5) is 0 Å². The van der Waals surface area contributed by atoms with E-state index in [1.165, 1.54) is 0 Å². The van der Waals surface area contributed by atoms with Crippen LogP contribution in [0.1, 0.15) is 24.5 Å². The molecule has 0 aromatic heterocycles. The number of hydrogen-bond acceptors (Lipinski definition) is 3. The van der Waals surface area contributed by atoms with E-state index in [0.29, 0.717) is 11.3 Å². The molecule has 0 fully saturated rings. The average Bonchev–Trinajstić information content (AvgIpc) is 2.76. The lowest BCUT2D eigenvalue weighted by atomic mass is 9.82. The molecule has 1 N–H and O–H groups in total. The number of benzene rings is 2. The summed E-state index contributed by atoms with van der Waals surface area (Å²) >= 11 is 0. The zero-order valence-corrected chi connectivity index (χ0v) is 12.8. The molecule has 1 aliphatic heterocycles. The second-order valence-corrected chi connectivity index (χ2v) is 6.74. The lowest BCUT2D eigenvalue weighted by Crippen LogP contribution is -2.39. The van der Waals surface area contributed by atoms with E-state index in [2.05, 4.69) is 4.72 Å². The summed E-state index contributed by atoms with van der Waals surface area (Å²) in [5.74, 6) is 0.749. The lowest BCUT2D eigenvalue weighted by molar-refractivity contribution is 0.413. The SMILES string of the molecule is CC[C@@]1(c2ccc(OC)cc2)NS(=O)(=O)c2ccccc21. The second-order valence-electron chi connectivity index (χ2n) is 5.09. The Hall–Kier alpha value is -1.85. The van der Waals surface area contributed by atoms with Crippen LogP contribution in [0.3, 0.4) is 0 Å². The van der Waals surface area contributed by atoms with Gasteiger partial charge in [0.15, 0.2) is 0 Å². The van der Waals surface area contributed by atoms with Gasteiger partial charge in [-0.3, -0.25) is 0 Å². The van der Waals surface area contributed by atoms with Crippen molar-refractivity contribution in [1.29, 1.82) is 0 Å². The molecule has 110 valence electrons. The highest BCUT2D eigenvalue weighted by Crippen LogP contribution is 2.43. The summed E-state index contributed by atoms with van der Waals surface area (Å²) in [6.07, 6.45) is 0.634. The molecule has 0 saturated carbocycles.